The van der Waals surface area contributed by atoms with Crippen molar-refractivity contribution in [1.82, 2.24) is 10.1 Å². The van der Waals surface area contributed by atoms with Crippen LogP contribution in [0.5, 0.6) is 0 Å². The van der Waals surface area contributed by atoms with E-state index in [2.05, 4.69) is 14.7 Å². The van der Waals surface area contributed by atoms with Gasteiger partial charge in [0.05, 0.1) is 0 Å². The summed E-state index contributed by atoms with van der Waals surface area (Å²) in [5.41, 5.74) is 1.02. The number of benzene rings is 1. The van der Waals surface area contributed by atoms with Crippen molar-refractivity contribution in [3.05, 3.63) is 42.0 Å². The summed E-state index contributed by atoms with van der Waals surface area (Å²) in [5, 5.41) is 14.2. The highest BCUT2D eigenvalue weighted by Gasteiger charge is 1.93. The molecule has 0 aliphatic carbocycles. The maximum Gasteiger partial charge on any atom is 0.214 e. The highest BCUT2D eigenvalue weighted by molar-refractivity contribution is 8.03. The molecule has 2 rings (SSSR count). The Bertz CT molecular complexity index is 511. The van der Waals surface area contributed by atoms with Gasteiger partial charge in [-0.2, -0.15) is 10.2 Å². The van der Waals surface area contributed by atoms with E-state index in [1.807, 2.05) is 35.7 Å². The average molecular weight is 229 g/mol. The van der Waals surface area contributed by atoms with Crippen molar-refractivity contribution < 1.29 is 4.52 Å². The predicted octanol–water partition coefficient (Wildman–Crippen LogP) is 2.81. The topological polar surface area (TPSA) is 62.7 Å². The van der Waals surface area contributed by atoms with E-state index in [1.165, 1.54) is 6.39 Å². The Morgan fingerprint density at radius 1 is 1.25 bits per heavy atom. The van der Waals surface area contributed by atoms with Gasteiger partial charge in [-0.15, -0.1) is 0 Å². The lowest BCUT2D eigenvalue weighted by molar-refractivity contribution is 0.415. The van der Waals surface area contributed by atoms with E-state index in [9.17, 15) is 0 Å². The molecule has 1 aromatic heterocycles. The van der Waals surface area contributed by atoms with Crippen LogP contribution in [0, 0.1) is 10.7 Å². The van der Waals surface area contributed by atoms with Gasteiger partial charge in [-0.05, 0) is 35.5 Å². The van der Waals surface area contributed by atoms with E-state index in [4.69, 9.17) is 5.26 Å². The van der Waals surface area contributed by atoms with Crippen LogP contribution in [0.2, 0.25) is 0 Å². The minimum atomic E-state index is 0.537. The molecule has 0 unspecified atom stereocenters. The SMILES string of the molecule is N#CSc1ccc(/C=C/c2ncon2)cc1. The van der Waals surface area contributed by atoms with Crippen LogP contribution in [-0.4, -0.2) is 10.1 Å². The number of aromatic nitrogens is 2. The van der Waals surface area contributed by atoms with Gasteiger partial charge in [0, 0.05) is 4.90 Å². The summed E-state index contributed by atoms with van der Waals surface area (Å²) in [6.45, 7) is 0. The van der Waals surface area contributed by atoms with E-state index in [0.717, 1.165) is 22.2 Å². The molecule has 5 heteroatoms. The summed E-state index contributed by atoms with van der Waals surface area (Å²) in [6.07, 6.45) is 4.92. The molecule has 1 aromatic carbocycles. The third kappa shape index (κ3) is 2.72. The Morgan fingerprint density at radius 2 is 2.06 bits per heavy atom. The van der Waals surface area contributed by atoms with Crippen LogP contribution < -0.4 is 0 Å². The van der Waals surface area contributed by atoms with E-state index < -0.39 is 0 Å². The molecule has 0 fully saturated rings. The van der Waals surface area contributed by atoms with Crippen molar-refractivity contribution in [2.24, 2.45) is 0 Å². The largest absolute Gasteiger partial charge is 0.342 e. The first-order valence-electron chi connectivity index (χ1n) is 4.49. The van der Waals surface area contributed by atoms with E-state index in [1.54, 1.807) is 6.08 Å². The molecule has 78 valence electrons. The third-order valence-electron chi connectivity index (χ3n) is 1.85. The number of hydrogen-bond donors (Lipinski definition) is 0. The predicted molar refractivity (Wildman–Crippen MR) is 61.1 cm³/mol. The zero-order chi connectivity index (χ0) is 11.2. The van der Waals surface area contributed by atoms with Crippen molar-refractivity contribution in [2.75, 3.05) is 0 Å². The Labute approximate surface area is 96.6 Å². The number of nitriles is 1. The number of thioether (sulfide) groups is 1. The van der Waals surface area contributed by atoms with Gasteiger partial charge in [0.2, 0.25) is 6.39 Å². The molecule has 0 saturated heterocycles. The van der Waals surface area contributed by atoms with Gasteiger partial charge < -0.3 is 4.52 Å². The first-order chi connectivity index (χ1) is 7.88. The lowest BCUT2D eigenvalue weighted by atomic mass is 10.2. The first-order valence-corrected chi connectivity index (χ1v) is 5.30. The molecule has 0 atom stereocenters. The highest BCUT2D eigenvalue weighted by atomic mass is 32.2. The summed E-state index contributed by atoms with van der Waals surface area (Å²) in [5.74, 6) is 0.537. The normalized spacial score (nSPS) is 10.4. The summed E-state index contributed by atoms with van der Waals surface area (Å²) < 4.78 is 4.60. The summed E-state index contributed by atoms with van der Waals surface area (Å²) in [4.78, 5) is 4.80. The van der Waals surface area contributed by atoms with Gasteiger partial charge in [-0.25, -0.2) is 0 Å². The van der Waals surface area contributed by atoms with Gasteiger partial charge in [0.1, 0.15) is 5.40 Å². The molecule has 0 bridgehead atoms. The third-order valence-corrected chi connectivity index (χ3v) is 2.45. The van der Waals surface area contributed by atoms with Crippen LogP contribution in [0.25, 0.3) is 12.2 Å². The maximum absolute atomic E-state index is 8.49. The second-order valence-electron chi connectivity index (χ2n) is 2.89. The van der Waals surface area contributed by atoms with Gasteiger partial charge in [-0.3, -0.25) is 0 Å². The maximum atomic E-state index is 8.49. The van der Waals surface area contributed by atoms with Crippen LogP contribution in [0.1, 0.15) is 11.4 Å². The molecule has 16 heavy (non-hydrogen) atoms. The smallest absolute Gasteiger partial charge is 0.214 e. The van der Waals surface area contributed by atoms with Crippen LogP contribution in [0.15, 0.2) is 40.1 Å². The quantitative estimate of drug-likeness (QED) is 0.598. The molecule has 0 N–H and O–H groups in total. The minimum absolute atomic E-state index is 0.537. The lowest BCUT2D eigenvalue weighted by Gasteiger charge is -1.94. The second-order valence-corrected chi connectivity index (χ2v) is 3.74. The Kier molecular flexibility index (Phi) is 3.36. The number of thiocyanates is 1. The number of hydrogen-bond acceptors (Lipinski definition) is 5. The van der Waals surface area contributed by atoms with E-state index in [0.29, 0.717) is 5.82 Å². The van der Waals surface area contributed by atoms with Crippen molar-refractivity contribution in [3.63, 3.8) is 0 Å². The van der Waals surface area contributed by atoms with E-state index in [-0.39, 0.29) is 0 Å². The zero-order valence-corrected chi connectivity index (χ0v) is 9.02. The minimum Gasteiger partial charge on any atom is -0.342 e. The molecular formula is C11H7N3OS. The fraction of sp³-hybridized carbons (Fsp3) is 0. The number of nitrogens with zero attached hydrogens (tertiary/aromatic N) is 3. The summed E-state index contributed by atoms with van der Waals surface area (Å²) in [7, 11) is 0. The van der Waals surface area contributed by atoms with E-state index >= 15 is 0 Å². The van der Waals surface area contributed by atoms with Gasteiger partial charge in [0.15, 0.2) is 5.82 Å². The van der Waals surface area contributed by atoms with Crippen LogP contribution in [-0.2, 0) is 0 Å². The van der Waals surface area contributed by atoms with Gasteiger partial charge in [0.25, 0.3) is 0 Å². The monoisotopic (exact) mass is 229 g/mol. The highest BCUT2D eigenvalue weighted by Crippen LogP contribution is 2.17. The van der Waals surface area contributed by atoms with Crippen molar-refractivity contribution in [2.45, 2.75) is 4.90 Å². The standard InChI is InChI=1S/C11H7N3OS/c12-7-16-10-4-1-9(2-5-10)3-6-11-13-8-15-14-11/h1-6,8H/b6-3+. The molecule has 0 radical (unpaired) electrons. The molecular weight excluding hydrogens is 222 g/mol. The van der Waals surface area contributed by atoms with Crippen LogP contribution >= 0.6 is 11.8 Å². The van der Waals surface area contributed by atoms with Crippen LogP contribution in [0.4, 0.5) is 0 Å². The Balaban J connectivity index is 2.08. The number of rotatable bonds is 3. The molecule has 2 aromatic rings. The van der Waals surface area contributed by atoms with Gasteiger partial charge >= 0.3 is 0 Å². The summed E-state index contributed by atoms with van der Waals surface area (Å²) in [6, 6.07) is 7.64. The zero-order valence-electron chi connectivity index (χ0n) is 8.20. The van der Waals surface area contributed by atoms with Crippen molar-refractivity contribution in [3.8, 4) is 5.40 Å². The average Bonchev–Trinajstić information content (AvgIpc) is 2.82. The molecule has 4 nitrogen and oxygen atoms in total. The summed E-state index contributed by atoms with van der Waals surface area (Å²) >= 11 is 1.14. The fourth-order valence-corrected chi connectivity index (χ4v) is 1.50. The second kappa shape index (κ2) is 5.14. The molecule has 0 aliphatic heterocycles. The Hall–Kier alpha value is -2.06. The van der Waals surface area contributed by atoms with Crippen molar-refractivity contribution in [1.29, 1.82) is 5.26 Å². The lowest BCUT2D eigenvalue weighted by Crippen LogP contribution is -1.75. The van der Waals surface area contributed by atoms with Crippen molar-refractivity contribution >= 4 is 23.9 Å². The fourth-order valence-electron chi connectivity index (χ4n) is 1.12. The molecule has 0 saturated carbocycles. The molecule has 0 aliphatic rings. The molecule has 0 amide bonds. The first kappa shape index (κ1) is 10.5. The molecule has 0 spiro atoms. The molecule has 1 heterocycles. The van der Waals surface area contributed by atoms with Crippen LogP contribution in [0.3, 0.4) is 0 Å². The Morgan fingerprint density at radius 3 is 2.69 bits per heavy atom. The van der Waals surface area contributed by atoms with Gasteiger partial charge in [-0.1, -0.05) is 23.4 Å².